The fourth-order valence-corrected chi connectivity index (χ4v) is 3.86. The number of hydrogen-bond acceptors (Lipinski definition) is 5. The molecule has 0 aliphatic carbocycles. The van der Waals surface area contributed by atoms with Gasteiger partial charge < -0.3 is 10.1 Å². The Morgan fingerprint density at radius 2 is 1.72 bits per heavy atom. The molecule has 0 fully saturated rings. The molecule has 2 aromatic heterocycles. The van der Waals surface area contributed by atoms with E-state index in [0.717, 1.165) is 4.68 Å². The topological polar surface area (TPSA) is 91.0 Å². The van der Waals surface area contributed by atoms with Gasteiger partial charge in [0.15, 0.2) is 0 Å². The Labute approximate surface area is 204 Å². The van der Waals surface area contributed by atoms with Crippen LogP contribution in [0.4, 0.5) is 13.2 Å². The van der Waals surface area contributed by atoms with Gasteiger partial charge in [0.1, 0.15) is 17.8 Å². The SMILES string of the molecule is CC(C)c1nn(CC(=O)N[C@@H](C)c2ccc(OC(F)(F)F)cc2)c(=O)c2c1cnn2-c1ccccc1. The summed E-state index contributed by atoms with van der Waals surface area (Å²) in [5, 5.41) is 12.2. The molecule has 1 amide bonds. The zero-order valence-electron chi connectivity index (χ0n) is 19.8. The second kappa shape index (κ2) is 9.84. The molecule has 8 nitrogen and oxygen atoms in total. The smallest absolute Gasteiger partial charge is 0.406 e. The van der Waals surface area contributed by atoms with E-state index in [1.807, 2.05) is 44.2 Å². The van der Waals surface area contributed by atoms with Crippen LogP contribution in [0.3, 0.4) is 0 Å². The van der Waals surface area contributed by atoms with Crippen molar-refractivity contribution in [2.45, 2.75) is 45.6 Å². The summed E-state index contributed by atoms with van der Waals surface area (Å²) in [4.78, 5) is 26.2. The number of aromatic nitrogens is 4. The van der Waals surface area contributed by atoms with Crippen LogP contribution in [-0.4, -0.2) is 31.8 Å². The molecule has 2 aromatic carbocycles. The van der Waals surface area contributed by atoms with Crippen molar-refractivity contribution in [3.63, 3.8) is 0 Å². The fraction of sp³-hybridized carbons (Fsp3) is 0.280. The zero-order chi connectivity index (χ0) is 26.0. The molecule has 188 valence electrons. The van der Waals surface area contributed by atoms with Gasteiger partial charge in [-0.3, -0.25) is 9.59 Å². The van der Waals surface area contributed by atoms with Gasteiger partial charge in [-0.25, -0.2) is 9.36 Å². The average molecular weight is 499 g/mol. The lowest BCUT2D eigenvalue weighted by Gasteiger charge is -2.16. The molecule has 0 aliphatic heterocycles. The van der Waals surface area contributed by atoms with Crippen molar-refractivity contribution in [1.29, 1.82) is 0 Å². The van der Waals surface area contributed by atoms with Gasteiger partial charge in [0, 0.05) is 5.39 Å². The van der Waals surface area contributed by atoms with E-state index in [2.05, 4.69) is 20.3 Å². The molecular weight excluding hydrogens is 475 g/mol. The van der Waals surface area contributed by atoms with E-state index in [4.69, 9.17) is 0 Å². The lowest BCUT2D eigenvalue weighted by molar-refractivity contribution is -0.274. The van der Waals surface area contributed by atoms with E-state index in [0.29, 0.717) is 27.8 Å². The summed E-state index contributed by atoms with van der Waals surface area (Å²) < 4.78 is 43.6. The van der Waals surface area contributed by atoms with Gasteiger partial charge in [0.05, 0.1) is 23.6 Å². The third-order valence-corrected chi connectivity index (χ3v) is 5.54. The Balaban J connectivity index is 1.59. The van der Waals surface area contributed by atoms with E-state index in [1.165, 1.54) is 28.9 Å². The average Bonchev–Trinajstić information content (AvgIpc) is 3.26. The summed E-state index contributed by atoms with van der Waals surface area (Å²) in [6.07, 6.45) is -3.18. The van der Waals surface area contributed by atoms with Crippen LogP contribution in [0.5, 0.6) is 5.75 Å². The molecule has 0 radical (unpaired) electrons. The minimum atomic E-state index is -4.78. The van der Waals surface area contributed by atoms with Crippen molar-refractivity contribution in [3.8, 4) is 11.4 Å². The van der Waals surface area contributed by atoms with Crippen molar-refractivity contribution in [1.82, 2.24) is 24.9 Å². The molecule has 36 heavy (non-hydrogen) atoms. The van der Waals surface area contributed by atoms with Gasteiger partial charge in [-0.15, -0.1) is 13.2 Å². The summed E-state index contributed by atoms with van der Waals surface area (Å²) in [5.74, 6) is -0.871. The first-order chi connectivity index (χ1) is 17.0. The second-order valence-corrected chi connectivity index (χ2v) is 8.56. The third kappa shape index (κ3) is 5.40. The fourth-order valence-electron chi connectivity index (χ4n) is 3.86. The first kappa shape index (κ1) is 25.0. The summed E-state index contributed by atoms with van der Waals surface area (Å²) in [6.45, 7) is 5.21. The monoisotopic (exact) mass is 499 g/mol. The minimum absolute atomic E-state index is 0.0350. The number of ether oxygens (including phenoxy) is 1. The molecule has 0 bridgehead atoms. The molecule has 11 heteroatoms. The normalized spacial score (nSPS) is 12.6. The number of nitrogens with one attached hydrogen (secondary N) is 1. The highest BCUT2D eigenvalue weighted by Gasteiger charge is 2.31. The Kier molecular flexibility index (Phi) is 6.82. The van der Waals surface area contributed by atoms with Gasteiger partial charge in [-0.2, -0.15) is 10.2 Å². The van der Waals surface area contributed by atoms with Crippen molar-refractivity contribution in [2.75, 3.05) is 0 Å². The van der Waals surface area contributed by atoms with Crippen LogP contribution >= 0.6 is 0 Å². The van der Waals surface area contributed by atoms with Gasteiger partial charge in [0.25, 0.3) is 5.56 Å². The Morgan fingerprint density at radius 3 is 2.33 bits per heavy atom. The molecule has 1 atom stereocenters. The number of amides is 1. The molecule has 2 heterocycles. The number of fused-ring (bicyclic) bond motifs is 1. The number of carbonyl (C=O) groups excluding carboxylic acids is 1. The van der Waals surface area contributed by atoms with Gasteiger partial charge in [-0.1, -0.05) is 44.2 Å². The molecule has 4 aromatic rings. The highest BCUT2D eigenvalue weighted by Crippen LogP contribution is 2.25. The van der Waals surface area contributed by atoms with Crippen LogP contribution in [0.15, 0.2) is 65.6 Å². The Hall–Kier alpha value is -4.15. The number of para-hydroxylation sites is 1. The molecule has 0 saturated heterocycles. The zero-order valence-corrected chi connectivity index (χ0v) is 19.8. The van der Waals surface area contributed by atoms with Crippen LogP contribution < -0.4 is 15.6 Å². The van der Waals surface area contributed by atoms with Crippen LogP contribution in [0, 0.1) is 0 Å². The number of halogens is 3. The van der Waals surface area contributed by atoms with Crippen molar-refractivity contribution in [3.05, 3.63) is 82.4 Å². The number of carbonyl (C=O) groups is 1. The molecule has 0 aliphatic rings. The Morgan fingerprint density at radius 1 is 1.06 bits per heavy atom. The van der Waals surface area contributed by atoms with Crippen LogP contribution in [-0.2, 0) is 11.3 Å². The van der Waals surface area contributed by atoms with Gasteiger partial charge in [0.2, 0.25) is 5.91 Å². The maximum Gasteiger partial charge on any atom is 0.573 e. The first-order valence-corrected chi connectivity index (χ1v) is 11.2. The highest BCUT2D eigenvalue weighted by molar-refractivity contribution is 5.82. The maximum atomic E-state index is 13.4. The van der Waals surface area contributed by atoms with Crippen LogP contribution in [0.25, 0.3) is 16.6 Å². The Bertz CT molecular complexity index is 1430. The van der Waals surface area contributed by atoms with E-state index in [-0.39, 0.29) is 18.2 Å². The van der Waals surface area contributed by atoms with Crippen LogP contribution in [0.1, 0.15) is 44.0 Å². The summed E-state index contributed by atoms with van der Waals surface area (Å²) in [6, 6.07) is 13.8. The molecule has 1 N–H and O–H groups in total. The van der Waals surface area contributed by atoms with Crippen LogP contribution in [0.2, 0.25) is 0 Å². The highest BCUT2D eigenvalue weighted by atomic mass is 19.4. The summed E-state index contributed by atoms with van der Waals surface area (Å²) in [7, 11) is 0. The van der Waals surface area contributed by atoms with Crippen molar-refractivity contribution < 1.29 is 22.7 Å². The number of benzene rings is 2. The molecule has 4 rings (SSSR count). The summed E-state index contributed by atoms with van der Waals surface area (Å²) >= 11 is 0. The number of hydrogen-bond donors (Lipinski definition) is 1. The van der Waals surface area contributed by atoms with Crippen molar-refractivity contribution >= 4 is 16.8 Å². The molecular formula is C25H24F3N5O3. The largest absolute Gasteiger partial charge is 0.573 e. The third-order valence-electron chi connectivity index (χ3n) is 5.54. The number of rotatable bonds is 7. The maximum absolute atomic E-state index is 13.4. The quantitative estimate of drug-likeness (QED) is 0.405. The standard InChI is InChI=1S/C25H24F3N5O3/c1-15(2)22-20-13-29-33(18-7-5-4-6-8-18)23(20)24(35)32(31-22)14-21(34)30-16(3)17-9-11-19(12-10-17)36-25(26,27)28/h4-13,15-16H,14H2,1-3H3,(H,30,34)/t16-/m0/s1. The number of nitrogens with zero attached hydrogens (tertiary/aromatic N) is 4. The lowest BCUT2D eigenvalue weighted by Crippen LogP contribution is -2.36. The summed E-state index contributed by atoms with van der Waals surface area (Å²) in [5.41, 5.74) is 1.76. The van der Waals surface area contributed by atoms with E-state index >= 15 is 0 Å². The molecule has 0 spiro atoms. The predicted octanol–water partition coefficient (Wildman–Crippen LogP) is 4.48. The molecule has 0 unspecified atom stereocenters. The van der Waals surface area contributed by atoms with E-state index in [9.17, 15) is 22.8 Å². The predicted molar refractivity (Wildman–Crippen MR) is 127 cm³/mol. The first-order valence-electron chi connectivity index (χ1n) is 11.2. The second-order valence-electron chi connectivity index (χ2n) is 8.56. The van der Waals surface area contributed by atoms with E-state index in [1.54, 1.807) is 13.1 Å². The molecule has 0 saturated carbocycles. The van der Waals surface area contributed by atoms with E-state index < -0.39 is 23.9 Å². The van der Waals surface area contributed by atoms with Crippen molar-refractivity contribution in [2.24, 2.45) is 0 Å². The number of alkyl halides is 3. The van der Waals surface area contributed by atoms with Gasteiger partial charge in [-0.05, 0) is 42.7 Å². The van der Waals surface area contributed by atoms with Gasteiger partial charge >= 0.3 is 6.36 Å². The lowest BCUT2D eigenvalue weighted by atomic mass is 10.1. The minimum Gasteiger partial charge on any atom is -0.406 e.